The molecule has 2 aliphatic rings. The van der Waals surface area contributed by atoms with Crippen LogP contribution in [-0.2, 0) is 4.79 Å². The number of thioether (sulfide) groups is 1. The highest BCUT2D eigenvalue weighted by molar-refractivity contribution is 8.00. The lowest BCUT2D eigenvalue weighted by Crippen LogP contribution is -2.36. The smallest absolute Gasteiger partial charge is 0.315 e. The molecule has 6 heteroatoms. The summed E-state index contributed by atoms with van der Waals surface area (Å²) in [5, 5.41) is 6.35. The zero-order valence-corrected chi connectivity index (χ0v) is 11.9. The summed E-state index contributed by atoms with van der Waals surface area (Å²) < 4.78 is 0. The molecule has 104 valence electrons. The molecule has 0 bridgehead atoms. The lowest BCUT2D eigenvalue weighted by Gasteiger charge is -2.16. The molecule has 3 atom stereocenters. The molecule has 0 saturated carbocycles. The van der Waals surface area contributed by atoms with Gasteiger partial charge in [-0.1, -0.05) is 20.3 Å². The fourth-order valence-corrected chi connectivity index (χ4v) is 3.83. The van der Waals surface area contributed by atoms with Crippen LogP contribution in [0.1, 0.15) is 39.5 Å². The molecule has 2 saturated heterocycles. The van der Waals surface area contributed by atoms with E-state index in [1.165, 1.54) is 0 Å². The van der Waals surface area contributed by atoms with E-state index in [1.54, 1.807) is 0 Å². The van der Waals surface area contributed by atoms with Crippen LogP contribution in [0, 0.1) is 0 Å². The molecule has 1 unspecified atom stereocenters. The molecule has 2 fully saturated rings. The number of unbranched alkanes of at least 4 members (excludes halogenated alkanes) is 1. The molecule has 18 heavy (non-hydrogen) atoms. The van der Waals surface area contributed by atoms with E-state index in [-0.39, 0.29) is 18.0 Å². The van der Waals surface area contributed by atoms with Crippen molar-refractivity contribution < 1.29 is 9.59 Å². The quantitative estimate of drug-likeness (QED) is 0.520. The fraction of sp³-hybridized carbons (Fsp3) is 0.833. The topological polar surface area (TPSA) is 84.2 Å². The molecule has 5 nitrogen and oxygen atoms in total. The second kappa shape index (κ2) is 7.51. The van der Waals surface area contributed by atoms with E-state index in [0.717, 1.165) is 25.0 Å². The number of nitrogens with one attached hydrogen (secondary N) is 2. The maximum Gasteiger partial charge on any atom is 0.315 e. The van der Waals surface area contributed by atoms with E-state index in [9.17, 15) is 9.59 Å². The Balaban J connectivity index is 0.000000771. The number of rotatable bonds is 5. The fourth-order valence-electron chi connectivity index (χ4n) is 2.29. The third kappa shape index (κ3) is 4.08. The van der Waals surface area contributed by atoms with Crippen molar-refractivity contribution in [1.29, 1.82) is 0 Å². The number of hydrogen-bond acceptors (Lipinski definition) is 3. The van der Waals surface area contributed by atoms with Crippen molar-refractivity contribution in [3.8, 4) is 0 Å². The number of hydrogen-bond donors (Lipinski definition) is 3. The predicted octanol–water partition coefficient (Wildman–Crippen LogP) is 1.22. The van der Waals surface area contributed by atoms with Crippen molar-refractivity contribution in [2.24, 2.45) is 5.73 Å². The molecule has 0 aromatic rings. The van der Waals surface area contributed by atoms with Gasteiger partial charge >= 0.3 is 6.03 Å². The summed E-state index contributed by atoms with van der Waals surface area (Å²) in [6.07, 6.45) is 3.36. The van der Waals surface area contributed by atoms with Crippen molar-refractivity contribution in [1.82, 2.24) is 10.6 Å². The number of fused-ring (bicyclic) bond motifs is 1. The van der Waals surface area contributed by atoms with Gasteiger partial charge in [-0.2, -0.15) is 11.8 Å². The Bertz CT molecular complexity index is 299. The summed E-state index contributed by atoms with van der Waals surface area (Å²) in [6, 6.07) is 0.516. The van der Waals surface area contributed by atoms with Gasteiger partial charge in [-0.25, -0.2) is 4.79 Å². The van der Waals surface area contributed by atoms with E-state index in [4.69, 9.17) is 5.73 Å². The SMILES string of the molecule is CC.NC(=O)CCCCC1SC[C@@H]2NC(=O)N[C@H]12. The summed E-state index contributed by atoms with van der Waals surface area (Å²) >= 11 is 1.90. The van der Waals surface area contributed by atoms with Crippen LogP contribution in [0.4, 0.5) is 4.79 Å². The third-order valence-corrected chi connectivity index (χ3v) is 4.61. The Morgan fingerprint density at radius 2 is 2.11 bits per heavy atom. The molecule has 0 spiro atoms. The van der Waals surface area contributed by atoms with Gasteiger partial charge in [-0.3, -0.25) is 4.79 Å². The number of amides is 3. The number of nitrogens with two attached hydrogens (primary N) is 1. The van der Waals surface area contributed by atoms with Gasteiger partial charge in [0.15, 0.2) is 0 Å². The highest BCUT2D eigenvalue weighted by Gasteiger charge is 2.42. The van der Waals surface area contributed by atoms with Crippen molar-refractivity contribution in [3.05, 3.63) is 0 Å². The molecule has 0 radical (unpaired) electrons. The first-order valence-electron chi connectivity index (χ1n) is 6.64. The van der Waals surface area contributed by atoms with E-state index in [1.807, 2.05) is 25.6 Å². The lowest BCUT2D eigenvalue weighted by molar-refractivity contribution is -0.118. The van der Waals surface area contributed by atoms with Crippen LogP contribution in [0.5, 0.6) is 0 Å². The Kier molecular flexibility index (Phi) is 6.32. The van der Waals surface area contributed by atoms with E-state index < -0.39 is 0 Å². The summed E-state index contributed by atoms with van der Waals surface area (Å²) in [5.41, 5.74) is 5.08. The normalized spacial score (nSPS) is 28.8. The highest BCUT2D eigenvalue weighted by atomic mass is 32.2. The number of carbonyl (C=O) groups is 2. The number of urea groups is 1. The Morgan fingerprint density at radius 1 is 1.39 bits per heavy atom. The minimum Gasteiger partial charge on any atom is -0.370 e. The van der Waals surface area contributed by atoms with Crippen LogP contribution in [0.15, 0.2) is 0 Å². The molecule has 0 aromatic heterocycles. The summed E-state index contributed by atoms with van der Waals surface area (Å²) in [5.74, 6) is 0.761. The first-order chi connectivity index (χ1) is 8.66. The summed E-state index contributed by atoms with van der Waals surface area (Å²) in [7, 11) is 0. The molecular formula is C12H23N3O2S. The first-order valence-corrected chi connectivity index (χ1v) is 7.68. The van der Waals surface area contributed by atoms with Gasteiger partial charge in [0.2, 0.25) is 5.91 Å². The van der Waals surface area contributed by atoms with Gasteiger partial charge in [-0.05, 0) is 12.8 Å². The minimum absolute atomic E-state index is 0.0440. The van der Waals surface area contributed by atoms with E-state index >= 15 is 0 Å². The van der Waals surface area contributed by atoms with Crippen LogP contribution >= 0.6 is 11.8 Å². The molecule has 0 aliphatic carbocycles. The largest absolute Gasteiger partial charge is 0.370 e. The Morgan fingerprint density at radius 3 is 2.78 bits per heavy atom. The van der Waals surface area contributed by atoms with Crippen molar-refractivity contribution >= 4 is 23.7 Å². The molecule has 2 rings (SSSR count). The summed E-state index contributed by atoms with van der Waals surface area (Å²) in [6.45, 7) is 4.00. The van der Waals surface area contributed by atoms with Crippen LogP contribution in [0.3, 0.4) is 0 Å². The zero-order chi connectivity index (χ0) is 13.5. The van der Waals surface area contributed by atoms with Crippen LogP contribution < -0.4 is 16.4 Å². The van der Waals surface area contributed by atoms with Crippen LogP contribution in [0.2, 0.25) is 0 Å². The first kappa shape index (κ1) is 15.1. The van der Waals surface area contributed by atoms with Gasteiger partial charge in [0.05, 0.1) is 12.1 Å². The average Bonchev–Trinajstić information content (AvgIpc) is 2.87. The van der Waals surface area contributed by atoms with Crippen LogP contribution in [0.25, 0.3) is 0 Å². The second-order valence-corrected chi connectivity index (χ2v) is 5.61. The van der Waals surface area contributed by atoms with E-state index in [0.29, 0.717) is 17.7 Å². The predicted molar refractivity (Wildman–Crippen MR) is 74.5 cm³/mol. The van der Waals surface area contributed by atoms with Gasteiger partial charge in [0.1, 0.15) is 0 Å². The van der Waals surface area contributed by atoms with Crippen molar-refractivity contribution in [2.75, 3.05) is 5.75 Å². The molecule has 2 aliphatic heterocycles. The monoisotopic (exact) mass is 273 g/mol. The van der Waals surface area contributed by atoms with Gasteiger partial charge in [-0.15, -0.1) is 0 Å². The third-order valence-electron chi connectivity index (χ3n) is 3.10. The summed E-state index contributed by atoms with van der Waals surface area (Å²) in [4.78, 5) is 21.7. The van der Waals surface area contributed by atoms with Gasteiger partial charge in [0, 0.05) is 17.4 Å². The molecule has 3 amide bonds. The maximum absolute atomic E-state index is 11.1. The number of carbonyl (C=O) groups excluding carboxylic acids is 2. The maximum atomic E-state index is 11.1. The van der Waals surface area contributed by atoms with Gasteiger partial charge in [0.25, 0.3) is 0 Å². The standard InChI is InChI=1S/C10H17N3O2S.C2H6/c11-8(14)4-2-1-3-7-9-6(5-16-7)12-10(15)13-9;1-2/h6-7,9H,1-5H2,(H2,11,14)(H2,12,13,15);1-2H3/t6-,7?,9-;/m0./s1. The average molecular weight is 273 g/mol. The zero-order valence-electron chi connectivity index (χ0n) is 11.1. The Hall–Kier alpha value is -0.910. The number of primary amides is 1. The highest BCUT2D eigenvalue weighted by Crippen LogP contribution is 2.33. The lowest BCUT2D eigenvalue weighted by atomic mass is 10.0. The second-order valence-electron chi connectivity index (χ2n) is 4.33. The molecule has 0 aromatic carbocycles. The Labute approximate surface area is 113 Å². The van der Waals surface area contributed by atoms with Crippen molar-refractivity contribution in [3.63, 3.8) is 0 Å². The molecule has 4 N–H and O–H groups in total. The van der Waals surface area contributed by atoms with Crippen LogP contribution in [-0.4, -0.2) is 35.0 Å². The van der Waals surface area contributed by atoms with Gasteiger partial charge < -0.3 is 16.4 Å². The van der Waals surface area contributed by atoms with Crippen molar-refractivity contribution in [2.45, 2.75) is 56.9 Å². The minimum atomic E-state index is -0.229. The van der Waals surface area contributed by atoms with E-state index in [2.05, 4.69) is 10.6 Å². The molecular weight excluding hydrogens is 250 g/mol. The molecule has 2 heterocycles.